The Morgan fingerprint density at radius 3 is 2.67 bits per heavy atom. The van der Waals surface area contributed by atoms with Crippen molar-refractivity contribution in [2.75, 3.05) is 0 Å². The molecule has 18 heavy (non-hydrogen) atoms. The molecule has 0 aliphatic heterocycles. The third-order valence-corrected chi connectivity index (χ3v) is 3.23. The fourth-order valence-corrected chi connectivity index (χ4v) is 2.50. The fraction of sp³-hybridized carbons (Fsp3) is 0.143. The van der Waals surface area contributed by atoms with Gasteiger partial charge in [-0.15, -0.1) is 0 Å². The predicted molar refractivity (Wildman–Crippen MR) is 73.9 cm³/mol. The van der Waals surface area contributed by atoms with Crippen molar-refractivity contribution in [3.8, 4) is 0 Å². The average molecular weight is 236 g/mol. The fourth-order valence-electron chi connectivity index (χ4n) is 2.50. The minimum atomic E-state index is 0.656. The summed E-state index contributed by atoms with van der Waals surface area (Å²) in [6, 6.07) is 14.1. The molecule has 1 heterocycles. The van der Waals surface area contributed by atoms with Crippen LogP contribution in [0.5, 0.6) is 0 Å². The molecule has 2 aromatic carbocycles. The third-order valence-electron chi connectivity index (χ3n) is 3.23. The summed E-state index contributed by atoms with van der Waals surface area (Å²) in [6.07, 6.45) is 0. The van der Waals surface area contributed by atoms with E-state index in [0.29, 0.717) is 5.69 Å². The summed E-state index contributed by atoms with van der Waals surface area (Å²) in [4.78, 5) is 2.84. The van der Waals surface area contributed by atoms with Crippen LogP contribution in [0.15, 0.2) is 47.6 Å². The van der Waals surface area contributed by atoms with Gasteiger partial charge in [-0.2, -0.15) is 0 Å². The molecule has 4 heteroatoms. The molecule has 0 amide bonds. The number of aromatic nitrogens is 1. The Morgan fingerprint density at radius 1 is 1.11 bits per heavy atom. The lowest BCUT2D eigenvalue weighted by atomic mass is 10.1. The van der Waals surface area contributed by atoms with Gasteiger partial charge in [0.05, 0.1) is 0 Å². The highest BCUT2D eigenvalue weighted by Gasteiger charge is 2.08. The second kappa shape index (κ2) is 4.09. The predicted octanol–water partition coefficient (Wildman–Crippen LogP) is 4.76. The van der Waals surface area contributed by atoms with Gasteiger partial charge in [-0.3, -0.25) is 0 Å². The Kier molecular flexibility index (Phi) is 2.43. The molecule has 88 valence electrons. The summed E-state index contributed by atoms with van der Waals surface area (Å²) >= 11 is 0. The van der Waals surface area contributed by atoms with Crippen LogP contribution in [-0.2, 0) is 6.54 Å². The third kappa shape index (κ3) is 1.44. The van der Waals surface area contributed by atoms with Crippen molar-refractivity contribution in [1.82, 2.24) is 4.57 Å². The molecule has 0 N–H and O–H groups in total. The minimum Gasteiger partial charge on any atom is -0.341 e. The van der Waals surface area contributed by atoms with Gasteiger partial charge in [-0.05, 0) is 30.7 Å². The van der Waals surface area contributed by atoms with E-state index in [9.17, 15) is 0 Å². The molecule has 0 saturated heterocycles. The number of hydrogen-bond donors (Lipinski definition) is 0. The number of nitrogens with zero attached hydrogens (tertiary/aromatic N) is 4. The summed E-state index contributed by atoms with van der Waals surface area (Å²) in [5, 5.41) is 6.00. The van der Waals surface area contributed by atoms with E-state index in [-0.39, 0.29) is 0 Å². The molecule has 0 spiro atoms. The minimum absolute atomic E-state index is 0.656. The van der Waals surface area contributed by atoms with Crippen LogP contribution >= 0.6 is 0 Å². The summed E-state index contributed by atoms with van der Waals surface area (Å²) in [6.45, 7) is 3.05. The maximum absolute atomic E-state index is 8.51. The van der Waals surface area contributed by atoms with Gasteiger partial charge in [0.25, 0.3) is 0 Å². The summed E-state index contributed by atoms with van der Waals surface area (Å²) in [5.74, 6) is 0. The largest absolute Gasteiger partial charge is 0.341 e. The number of aryl methyl sites for hydroxylation is 1. The summed E-state index contributed by atoms with van der Waals surface area (Å²) in [7, 11) is 0. The van der Waals surface area contributed by atoms with Crippen molar-refractivity contribution in [2.45, 2.75) is 13.5 Å². The lowest BCUT2D eigenvalue weighted by Gasteiger charge is -2.02. The molecule has 0 aliphatic rings. The van der Waals surface area contributed by atoms with Crippen molar-refractivity contribution >= 4 is 27.5 Å². The Labute approximate surface area is 104 Å². The molecule has 0 unspecified atom stereocenters. The average Bonchev–Trinajstić information content (AvgIpc) is 2.72. The molecule has 4 nitrogen and oxygen atoms in total. The first-order valence-electron chi connectivity index (χ1n) is 5.91. The molecule has 0 saturated carbocycles. The Balaban J connectivity index is 2.48. The molecule has 0 radical (unpaired) electrons. The monoisotopic (exact) mass is 236 g/mol. The number of para-hydroxylation sites is 1. The standard InChI is InChI=1S/C14H12N4/c1-2-18-13-6-4-3-5-11(13)12-9-10(16-17-15)7-8-14(12)18/h3-9H,2H2,1H3. The van der Waals surface area contributed by atoms with Crippen LogP contribution in [0.4, 0.5) is 5.69 Å². The number of rotatable bonds is 2. The SMILES string of the molecule is CCn1c2ccccc2c2cc(N=[N+]=[N-])ccc21. The molecule has 0 fully saturated rings. The van der Waals surface area contributed by atoms with Crippen LogP contribution in [-0.4, -0.2) is 4.57 Å². The Bertz CT molecular complexity index is 779. The van der Waals surface area contributed by atoms with Gasteiger partial charge in [0.2, 0.25) is 0 Å². The van der Waals surface area contributed by atoms with Crippen LogP contribution in [0.1, 0.15) is 6.92 Å². The summed E-state index contributed by atoms with van der Waals surface area (Å²) in [5.41, 5.74) is 11.6. The van der Waals surface area contributed by atoms with E-state index in [4.69, 9.17) is 5.53 Å². The molecule has 0 bridgehead atoms. The van der Waals surface area contributed by atoms with Gasteiger partial charge < -0.3 is 4.57 Å². The molecule has 0 atom stereocenters. The molecular formula is C14H12N4. The first kappa shape index (κ1) is 10.7. The quantitative estimate of drug-likeness (QED) is 0.350. The maximum atomic E-state index is 8.51. The van der Waals surface area contributed by atoms with Crippen molar-refractivity contribution in [3.05, 3.63) is 52.9 Å². The molecule has 3 aromatic rings. The van der Waals surface area contributed by atoms with E-state index >= 15 is 0 Å². The topological polar surface area (TPSA) is 53.7 Å². The zero-order chi connectivity index (χ0) is 12.5. The van der Waals surface area contributed by atoms with Gasteiger partial charge in [0.1, 0.15) is 0 Å². The second-order valence-corrected chi connectivity index (χ2v) is 4.15. The smallest absolute Gasteiger partial charge is 0.0491 e. The van der Waals surface area contributed by atoms with Gasteiger partial charge in [-0.25, -0.2) is 0 Å². The van der Waals surface area contributed by atoms with E-state index in [1.165, 1.54) is 16.4 Å². The van der Waals surface area contributed by atoms with Crippen LogP contribution in [0.25, 0.3) is 32.2 Å². The second-order valence-electron chi connectivity index (χ2n) is 4.15. The van der Waals surface area contributed by atoms with Crippen molar-refractivity contribution in [2.24, 2.45) is 5.11 Å². The van der Waals surface area contributed by atoms with Crippen molar-refractivity contribution in [3.63, 3.8) is 0 Å². The van der Waals surface area contributed by atoms with Crippen LogP contribution in [0.3, 0.4) is 0 Å². The molecule has 0 aliphatic carbocycles. The van der Waals surface area contributed by atoms with E-state index < -0.39 is 0 Å². The highest BCUT2D eigenvalue weighted by molar-refractivity contribution is 6.08. The lowest BCUT2D eigenvalue weighted by Crippen LogP contribution is -1.92. The Hall–Kier alpha value is -2.45. The zero-order valence-electron chi connectivity index (χ0n) is 10.0. The zero-order valence-corrected chi connectivity index (χ0v) is 10.0. The van der Waals surface area contributed by atoms with E-state index in [1.54, 1.807) is 0 Å². The van der Waals surface area contributed by atoms with E-state index in [1.807, 2.05) is 30.3 Å². The van der Waals surface area contributed by atoms with Gasteiger partial charge in [-0.1, -0.05) is 29.4 Å². The van der Waals surface area contributed by atoms with E-state index in [2.05, 4.69) is 33.6 Å². The number of azide groups is 1. The summed E-state index contributed by atoms with van der Waals surface area (Å²) < 4.78 is 2.27. The van der Waals surface area contributed by atoms with Crippen molar-refractivity contribution < 1.29 is 0 Å². The normalized spacial score (nSPS) is 10.7. The Morgan fingerprint density at radius 2 is 1.89 bits per heavy atom. The van der Waals surface area contributed by atoms with Gasteiger partial charge in [0, 0.05) is 38.9 Å². The highest BCUT2D eigenvalue weighted by Crippen LogP contribution is 2.31. The maximum Gasteiger partial charge on any atom is 0.0491 e. The first-order chi connectivity index (χ1) is 8.85. The molecule has 3 rings (SSSR count). The first-order valence-corrected chi connectivity index (χ1v) is 5.91. The van der Waals surface area contributed by atoms with Crippen LogP contribution in [0.2, 0.25) is 0 Å². The highest BCUT2D eigenvalue weighted by atomic mass is 15.1. The van der Waals surface area contributed by atoms with Crippen molar-refractivity contribution in [1.29, 1.82) is 0 Å². The van der Waals surface area contributed by atoms with Crippen LogP contribution in [0, 0.1) is 0 Å². The molecule has 1 aromatic heterocycles. The van der Waals surface area contributed by atoms with Gasteiger partial charge >= 0.3 is 0 Å². The number of benzene rings is 2. The molecular weight excluding hydrogens is 224 g/mol. The van der Waals surface area contributed by atoms with Gasteiger partial charge in [0.15, 0.2) is 0 Å². The number of hydrogen-bond acceptors (Lipinski definition) is 1. The lowest BCUT2D eigenvalue weighted by molar-refractivity contribution is 0.827. The van der Waals surface area contributed by atoms with Crippen LogP contribution < -0.4 is 0 Å². The van der Waals surface area contributed by atoms with E-state index in [0.717, 1.165) is 11.9 Å². The number of fused-ring (bicyclic) bond motifs is 3.